The number of benzene rings is 2. The summed E-state index contributed by atoms with van der Waals surface area (Å²) in [6.07, 6.45) is 1.84. The van der Waals surface area contributed by atoms with Gasteiger partial charge in [-0.2, -0.15) is 0 Å². The lowest BCUT2D eigenvalue weighted by atomic mass is 9.92. The molecule has 0 saturated heterocycles. The summed E-state index contributed by atoms with van der Waals surface area (Å²) < 4.78 is 13.1. The van der Waals surface area contributed by atoms with E-state index in [0.717, 1.165) is 28.8 Å². The second kappa shape index (κ2) is 7.24. The molecule has 1 unspecified atom stereocenters. The first-order chi connectivity index (χ1) is 9.60. The molecule has 0 bridgehead atoms. The molecule has 2 rings (SSSR count). The van der Waals surface area contributed by atoms with Crippen molar-refractivity contribution in [1.29, 1.82) is 0 Å². The Kier molecular flexibility index (Phi) is 5.62. The predicted octanol–water partition coefficient (Wildman–Crippen LogP) is 5.58. The molecule has 0 fully saturated rings. The normalized spacial score (nSPS) is 12.4. The van der Waals surface area contributed by atoms with Gasteiger partial charge in [0.25, 0.3) is 0 Å². The molecule has 0 heterocycles. The number of hydrogen-bond donors (Lipinski definition) is 0. The van der Waals surface area contributed by atoms with Gasteiger partial charge in [0, 0.05) is 10.4 Å². The Morgan fingerprint density at radius 3 is 2.45 bits per heavy atom. The van der Waals surface area contributed by atoms with Gasteiger partial charge in [-0.05, 0) is 60.6 Å². The van der Waals surface area contributed by atoms with Crippen LogP contribution in [-0.4, -0.2) is 5.33 Å². The van der Waals surface area contributed by atoms with Gasteiger partial charge in [-0.1, -0.05) is 51.8 Å². The van der Waals surface area contributed by atoms with E-state index in [1.54, 1.807) is 6.07 Å². The molecule has 20 heavy (non-hydrogen) atoms. The van der Waals surface area contributed by atoms with Gasteiger partial charge < -0.3 is 0 Å². The summed E-state index contributed by atoms with van der Waals surface area (Å²) in [6, 6.07) is 12.9. The number of halogens is 3. The first kappa shape index (κ1) is 15.5. The smallest absolute Gasteiger partial charge is 0.123 e. The molecular weight excluding hydrogens is 339 g/mol. The Hall–Kier alpha value is -0.860. The van der Waals surface area contributed by atoms with Crippen LogP contribution in [0.3, 0.4) is 0 Å². The highest BCUT2D eigenvalue weighted by molar-refractivity contribution is 9.09. The highest BCUT2D eigenvalue weighted by Crippen LogP contribution is 2.23. The van der Waals surface area contributed by atoms with Crippen LogP contribution in [0, 0.1) is 18.7 Å². The van der Waals surface area contributed by atoms with Crippen LogP contribution in [0.15, 0.2) is 42.5 Å². The molecule has 0 saturated carbocycles. The van der Waals surface area contributed by atoms with E-state index in [9.17, 15) is 4.39 Å². The quantitative estimate of drug-likeness (QED) is 0.614. The SMILES string of the molecule is Cc1cc(F)ccc1CC(CBr)Cc1ccccc1Cl. The van der Waals surface area contributed by atoms with Gasteiger partial charge in [-0.25, -0.2) is 4.39 Å². The molecule has 0 spiro atoms. The Morgan fingerprint density at radius 1 is 1.10 bits per heavy atom. The number of alkyl halides is 1. The number of aryl methyl sites for hydroxylation is 1. The Balaban J connectivity index is 2.11. The van der Waals surface area contributed by atoms with Crippen molar-refractivity contribution < 1.29 is 4.39 Å². The molecule has 106 valence electrons. The molecule has 1 atom stereocenters. The zero-order chi connectivity index (χ0) is 14.5. The van der Waals surface area contributed by atoms with Crippen LogP contribution in [0.5, 0.6) is 0 Å². The van der Waals surface area contributed by atoms with E-state index in [2.05, 4.69) is 22.0 Å². The molecule has 3 heteroatoms. The molecule has 0 aliphatic carbocycles. The van der Waals surface area contributed by atoms with Crippen molar-refractivity contribution in [3.05, 3.63) is 70.0 Å². The lowest BCUT2D eigenvalue weighted by Gasteiger charge is -2.16. The third-order valence-electron chi connectivity index (χ3n) is 3.50. The van der Waals surface area contributed by atoms with Crippen molar-refractivity contribution in [3.8, 4) is 0 Å². The van der Waals surface area contributed by atoms with E-state index in [-0.39, 0.29) is 5.82 Å². The zero-order valence-corrected chi connectivity index (χ0v) is 13.7. The average molecular weight is 356 g/mol. The van der Waals surface area contributed by atoms with Gasteiger partial charge >= 0.3 is 0 Å². The van der Waals surface area contributed by atoms with Crippen molar-refractivity contribution in [1.82, 2.24) is 0 Å². The Morgan fingerprint density at radius 2 is 1.80 bits per heavy atom. The van der Waals surface area contributed by atoms with Crippen LogP contribution >= 0.6 is 27.5 Å². The maximum atomic E-state index is 13.1. The van der Waals surface area contributed by atoms with Gasteiger partial charge in [-0.15, -0.1) is 0 Å². The van der Waals surface area contributed by atoms with Gasteiger partial charge in [0.1, 0.15) is 5.82 Å². The van der Waals surface area contributed by atoms with Crippen LogP contribution < -0.4 is 0 Å². The topological polar surface area (TPSA) is 0 Å². The maximum absolute atomic E-state index is 13.1. The lowest BCUT2D eigenvalue weighted by molar-refractivity contribution is 0.585. The minimum absolute atomic E-state index is 0.173. The Bertz CT molecular complexity index is 583. The van der Waals surface area contributed by atoms with Gasteiger partial charge in [0.05, 0.1) is 0 Å². The number of rotatable bonds is 5. The standard InChI is InChI=1S/C17H17BrClF/c1-12-8-16(20)7-6-14(12)9-13(11-18)10-15-4-2-3-5-17(15)19/h2-8,13H,9-11H2,1H3. The van der Waals surface area contributed by atoms with Crippen molar-refractivity contribution in [3.63, 3.8) is 0 Å². The van der Waals surface area contributed by atoms with E-state index < -0.39 is 0 Å². The van der Waals surface area contributed by atoms with Crippen LogP contribution in [0.2, 0.25) is 5.02 Å². The Labute approximate surface area is 133 Å². The summed E-state index contributed by atoms with van der Waals surface area (Å²) in [7, 11) is 0. The molecule has 2 aromatic rings. The third-order valence-corrected chi connectivity index (χ3v) is 4.78. The zero-order valence-electron chi connectivity index (χ0n) is 11.4. The molecule has 0 radical (unpaired) electrons. The summed E-state index contributed by atoms with van der Waals surface area (Å²) in [6.45, 7) is 1.96. The second-order valence-corrected chi connectivity index (χ2v) is 6.15. The molecule has 0 nitrogen and oxygen atoms in total. The maximum Gasteiger partial charge on any atom is 0.123 e. The molecular formula is C17H17BrClF. The first-order valence-electron chi connectivity index (χ1n) is 6.64. The van der Waals surface area contributed by atoms with E-state index >= 15 is 0 Å². The van der Waals surface area contributed by atoms with Crippen LogP contribution in [0.4, 0.5) is 4.39 Å². The highest BCUT2D eigenvalue weighted by atomic mass is 79.9. The van der Waals surface area contributed by atoms with Crippen molar-refractivity contribution in [2.45, 2.75) is 19.8 Å². The highest BCUT2D eigenvalue weighted by Gasteiger charge is 2.13. The summed E-state index contributed by atoms with van der Waals surface area (Å²) in [4.78, 5) is 0. The van der Waals surface area contributed by atoms with Gasteiger partial charge in [-0.3, -0.25) is 0 Å². The molecule has 2 aromatic carbocycles. The molecule has 0 aliphatic heterocycles. The molecule has 0 amide bonds. The molecule has 0 aliphatic rings. The third kappa shape index (κ3) is 4.07. The summed E-state index contributed by atoms with van der Waals surface area (Å²) in [5.41, 5.74) is 3.37. The summed E-state index contributed by atoms with van der Waals surface area (Å²) >= 11 is 9.79. The van der Waals surface area contributed by atoms with Crippen LogP contribution in [0.1, 0.15) is 16.7 Å². The summed E-state index contributed by atoms with van der Waals surface area (Å²) in [5.74, 6) is 0.270. The summed E-state index contributed by atoms with van der Waals surface area (Å²) in [5, 5.41) is 1.71. The lowest BCUT2D eigenvalue weighted by Crippen LogP contribution is -2.11. The minimum Gasteiger partial charge on any atom is -0.207 e. The van der Waals surface area contributed by atoms with Crippen LogP contribution in [0.25, 0.3) is 0 Å². The molecule has 0 aromatic heterocycles. The van der Waals surface area contributed by atoms with E-state index in [1.165, 1.54) is 17.2 Å². The van der Waals surface area contributed by atoms with E-state index in [1.807, 2.05) is 31.2 Å². The predicted molar refractivity (Wildman–Crippen MR) is 87.3 cm³/mol. The van der Waals surface area contributed by atoms with Crippen molar-refractivity contribution in [2.24, 2.45) is 5.92 Å². The van der Waals surface area contributed by atoms with Crippen molar-refractivity contribution in [2.75, 3.05) is 5.33 Å². The second-order valence-electron chi connectivity index (χ2n) is 5.09. The molecule has 0 N–H and O–H groups in total. The van der Waals surface area contributed by atoms with Gasteiger partial charge in [0.2, 0.25) is 0 Å². The first-order valence-corrected chi connectivity index (χ1v) is 8.14. The fraction of sp³-hybridized carbons (Fsp3) is 0.294. The van der Waals surface area contributed by atoms with Gasteiger partial charge in [0.15, 0.2) is 0 Å². The monoisotopic (exact) mass is 354 g/mol. The fourth-order valence-electron chi connectivity index (χ4n) is 2.36. The number of hydrogen-bond acceptors (Lipinski definition) is 0. The van der Waals surface area contributed by atoms with Crippen LogP contribution in [-0.2, 0) is 12.8 Å². The van der Waals surface area contributed by atoms with E-state index in [4.69, 9.17) is 11.6 Å². The van der Waals surface area contributed by atoms with E-state index in [0.29, 0.717) is 5.92 Å². The largest absolute Gasteiger partial charge is 0.207 e. The minimum atomic E-state index is -0.173. The fourth-order valence-corrected chi connectivity index (χ4v) is 3.03. The van der Waals surface area contributed by atoms with Crippen molar-refractivity contribution >= 4 is 27.5 Å². The average Bonchev–Trinajstić information content (AvgIpc) is 2.43.